The van der Waals surface area contributed by atoms with Crippen LogP contribution in [0.25, 0.3) is 0 Å². The highest BCUT2D eigenvalue weighted by molar-refractivity contribution is 7.89. The lowest BCUT2D eigenvalue weighted by molar-refractivity contribution is -0.384. The number of hydrogen-bond acceptors (Lipinski definition) is 6. The number of hydrogen-bond donors (Lipinski definition) is 2. The molecule has 0 aromatic heterocycles. The first-order valence-electron chi connectivity index (χ1n) is 8.74. The molecule has 29 heavy (non-hydrogen) atoms. The van der Waals surface area contributed by atoms with Crippen LogP contribution in [-0.4, -0.2) is 42.6 Å². The lowest BCUT2D eigenvalue weighted by atomic mass is 10.2. The molecule has 2 aromatic rings. The molecule has 0 bridgehead atoms. The van der Waals surface area contributed by atoms with Crippen LogP contribution in [0.4, 0.5) is 5.69 Å². The summed E-state index contributed by atoms with van der Waals surface area (Å²) in [6, 6.07) is 10.5. The average Bonchev–Trinajstić information content (AvgIpc) is 3.27. The van der Waals surface area contributed by atoms with Crippen LogP contribution in [0.1, 0.15) is 33.6 Å². The monoisotopic (exact) mass is 418 g/mol. The highest BCUT2D eigenvalue weighted by Crippen LogP contribution is 2.21. The Morgan fingerprint density at radius 3 is 2.07 bits per heavy atom. The maximum Gasteiger partial charge on any atom is 0.270 e. The van der Waals surface area contributed by atoms with Crippen LogP contribution in [0.3, 0.4) is 0 Å². The summed E-state index contributed by atoms with van der Waals surface area (Å²) in [5.41, 5.74) is 4.11. The fourth-order valence-corrected chi connectivity index (χ4v) is 4.46. The van der Waals surface area contributed by atoms with Crippen molar-refractivity contribution in [3.8, 4) is 0 Å². The van der Waals surface area contributed by atoms with Gasteiger partial charge in [0, 0.05) is 36.3 Å². The van der Waals surface area contributed by atoms with Gasteiger partial charge < -0.3 is 0 Å². The highest BCUT2D eigenvalue weighted by Gasteiger charge is 2.27. The maximum absolute atomic E-state index is 12.6. The predicted molar refractivity (Wildman–Crippen MR) is 102 cm³/mol. The summed E-state index contributed by atoms with van der Waals surface area (Å²) in [6.45, 7) is 0.885. The van der Waals surface area contributed by atoms with Crippen LogP contribution < -0.4 is 10.9 Å². The lowest BCUT2D eigenvalue weighted by Crippen LogP contribution is -2.41. The van der Waals surface area contributed by atoms with Crippen LogP contribution in [0.15, 0.2) is 53.4 Å². The molecule has 0 atom stereocenters. The van der Waals surface area contributed by atoms with Crippen molar-refractivity contribution in [1.82, 2.24) is 15.2 Å². The van der Waals surface area contributed by atoms with Crippen molar-refractivity contribution in [1.29, 1.82) is 0 Å². The molecule has 0 aliphatic carbocycles. The van der Waals surface area contributed by atoms with E-state index in [0.29, 0.717) is 13.1 Å². The third kappa shape index (κ3) is 4.58. The summed E-state index contributed by atoms with van der Waals surface area (Å²) in [4.78, 5) is 34.6. The Hall–Kier alpha value is -3.31. The zero-order valence-electron chi connectivity index (χ0n) is 15.2. The quantitative estimate of drug-likeness (QED) is 0.557. The first-order valence-corrected chi connectivity index (χ1v) is 10.2. The molecule has 2 aromatic carbocycles. The topological polar surface area (TPSA) is 139 Å². The van der Waals surface area contributed by atoms with E-state index in [1.807, 2.05) is 0 Å². The molecular formula is C18H18N4O6S. The van der Waals surface area contributed by atoms with Crippen molar-refractivity contribution in [3.63, 3.8) is 0 Å². The third-order valence-electron chi connectivity index (χ3n) is 4.41. The summed E-state index contributed by atoms with van der Waals surface area (Å²) in [5, 5.41) is 10.8. The van der Waals surface area contributed by atoms with Crippen molar-refractivity contribution in [3.05, 3.63) is 69.8 Å². The summed E-state index contributed by atoms with van der Waals surface area (Å²) in [7, 11) is -3.68. The van der Waals surface area contributed by atoms with Gasteiger partial charge in [-0.1, -0.05) is 12.1 Å². The van der Waals surface area contributed by atoms with Gasteiger partial charge in [-0.3, -0.25) is 30.6 Å². The zero-order valence-corrected chi connectivity index (χ0v) is 16.0. The molecule has 11 heteroatoms. The Bertz CT molecular complexity index is 1060. The van der Waals surface area contributed by atoms with Gasteiger partial charge >= 0.3 is 0 Å². The Balaban J connectivity index is 1.69. The van der Waals surface area contributed by atoms with Gasteiger partial charge in [-0.2, -0.15) is 4.31 Å². The van der Waals surface area contributed by atoms with Crippen molar-refractivity contribution in [2.75, 3.05) is 13.1 Å². The smallest absolute Gasteiger partial charge is 0.267 e. The van der Waals surface area contributed by atoms with Crippen LogP contribution in [0.2, 0.25) is 0 Å². The molecule has 0 spiro atoms. The Morgan fingerprint density at radius 2 is 1.48 bits per heavy atom. The summed E-state index contributed by atoms with van der Waals surface area (Å²) in [5.74, 6) is -1.47. The van der Waals surface area contributed by atoms with Crippen LogP contribution in [0, 0.1) is 10.1 Å². The lowest BCUT2D eigenvalue weighted by Gasteiger charge is -2.16. The molecule has 2 N–H and O–H groups in total. The number of hydrazine groups is 1. The van der Waals surface area contributed by atoms with Gasteiger partial charge in [0.1, 0.15) is 0 Å². The minimum absolute atomic E-state index is 0.00272. The zero-order chi connectivity index (χ0) is 21.0. The molecule has 1 saturated heterocycles. The van der Waals surface area contributed by atoms with E-state index < -0.39 is 26.8 Å². The molecule has 10 nitrogen and oxygen atoms in total. The number of nitro benzene ring substituents is 1. The van der Waals surface area contributed by atoms with Crippen molar-refractivity contribution < 1.29 is 22.9 Å². The van der Waals surface area contributed by atoms with E-state index >= 15 is 0 Å². The number of nitro groups is 1. The van der Waals surface area contributed by atoms with Crippen molar-refractivity contribution in [2.24, 2.45) is 0 Å². The second-order valence-corrected chi connectivity index (χ2v) is 8.29. The number of sulfonamides is 1. The van der Waals surface area contributed by atoms with Crippen LogP contribution in [0.5, 0.6) is 0 Å². The number of nitrogens with zero attached hydrogens (tertiary/aromatic N) is 2. The van der Waals surface area contributed by atoms with E-state index in [1.165, 1.54) is 46.8 Å². The highest BCUT2D eigenvalue weighted by atomic mass is 32.2. The molecular weight excluding hydrogens is 400 g/mol. The first-order chi connectivity index (χ1) is 13.8. The molecule has 0 unspecified atom stereocenters. The second-order valence-electron chi connectivity index (χ2n) is 6.35. The van der Waals surface area contributed by atoms with E-state index in [4.69, 9.17) is 0 Å². The van der Waals surface area contributed by atoms with Crippen molar-refractivity contribution >= 4 is 27.5 Å². The number of non-ortho nitro benzene ring substituents is 1. The standard InChI is InChI=1S/C18H18N4O6S/c23-17(13-5-3-7-15(11-13)22(25)26)19-20-18(24)14-6-4-8-16(12-14)29(27,28)21-9-1-2-10-21/h3-8,11-12H,1-2,9-10H2,(H,19,23)(H,20,24). The molecule has 152 valence electrons. The van der Waals surface area contributed by atoms with E-state index in [1.54, 1.807) is 0 Å². The number of benzene rings is 2. The molecule has 1 aliphatic rings. The number of carbonyl (C=O) groups is 2. The Kier molecular flexibility index (Phi) is 5.89. The summed E-state index contributed by atoms with van der Waals surface area (Å²) < 4.78 is 26.6. The fourth-order valence-electron chi connectivity index (χ4n) is 2.89. The second kappa shape index (κ2) is 8.37. The molecule has 0 radical (unpaired) electrons. The molecule has 1 aliphatic heterocycles. The molecule has 0 saturated carbocycles. The maximum atomic E-state index is 12.6. The van der Waals surface area contributed by atoms with Crippen LogP contribution in [-0.2, 0) is 10.0 Å². The molecule has 1 fully saturated rings. The van der Waals surface area contributed by atoms with Gasteiger partial charge in [0.25, 0.3) is 17.5 Å². The first kappa shape index (κ1) is 20.4. The molecule has 2 amide bonds. The van der Waals surface area contributed by atoms with E-state index in [0.717, 1.165) is 18.9 Å². The van der Waals surface area contributed by atoms with E-state index in [-0.39, 0.29) is 21.7 Å². The predicted octanol–water partition coefficient (Wildman–Crippen LogP) is 1.45. The third-order valence-corrected chi connectivity index (χ3v) is 6.30. The molecule has 1 heterocycles. The number of amides is 2. The van der Waals surface area contributed by atoms with Gasteiger partial charge in [-0.25, -0.2) is 8.42 Å². The van der Waals surface area contributed by atoms with Gasteiger partial charge in [0.2, 0.25) is 10.0 Å². The summed E-state index contributed by atoms with van der Waals surface area (Å²) in [6.07, 6.45) is 1.59. The van der Waals surface area contributed by atoms with Crippen molar-refractivity contribution in [2.45, 2.75) is 17.7 Å². The Labute approximate surface area is 166 Å². The normalized spacial score (nSPS) is 14.3. The average molecular weight is 418 g/mol. The van der Waals surface area contributed by atoms with Gasteiger partial charge in [0.05, 0.1) is 9.82 Å². The summed E-state index contributed by atoms with van der Waals surface area (Å²) >= 11 is 0. The number of rotatable bonds is 5. The largest absolute Gasteiger partial charge is 0.270 e. The van der Waals surface area contributed by atoms with Gasteiger partial charge in [-0.05, 0) is 37.1 Å². The van der Waals surface area contributed by atoms with E-state index in [2.05, 4.69) is 10.9 Å². The number of nitrogens with one attached hydrogen (secondary N) is 2. The fraction of sp³-hybridized carbons (Fsp3) is 0.222. The minimum Gasteiger partial charge on any atom is -0.267 e. The van der Waals surface area contributed by atoms with Gasteiger partial charge in [-0.15, -0.1) is 0 Å². The van der Waals surface area contributed by atoms with E-state index in [9.17, 15) is 28.1 Å². The Morgan fingerprint density at radius 1 is 0.931 bits per heavy atom. The number of carbonyl (C=O) groups excluding carboxylic acids is 2. The van der Waals surface area contributed by atoms with Crippen LogP contribution >= 0.6 is 0 Å². The minimum atomic E-state index is -3.68. The molecule has 3 rings (SSSR count). The van der Waals surface area contributed by atoms with Gasteiger partial charge in [0.15, 0.2) is 0 Å². The SMILES string of the molecule is O=C(NNC(=O)c1cccc(S(=O)(=O)N2CCCC2)c1)c1cccc([N+](=O)[O-])c1.